The molecule has 0 aromatic heterocycles. The summed E-state index contributed by atoms with van der Waals surface area (Å²) < 4.78 is 5.73. The molecule has 0 fully saturated rings. The van der Waals surface area contributed by atoms with Crippen LogP contribution in [0.5, 0.6) is 5.75 Å². The van der Waals surface area contributed by atoms with E-state index in [2.05, 4.69) is 18.3 Å². The van der Waals surface area contributed by atoms with E-state index in [0.29, 0.717) is 5.92 Å². The number of ether oxygens (including phenoxy) is 1. The van der Waals surface area contributed by atoms with Gasteiger partial charge in [0.1, 0.15) is 11.9 Å². The molecule has 0 aliphatic carbocycles. The average molecular weight is 212 g/mol. The average Bonchev–Trinajstić information content (AvgIpc) is 2.43. The molecule has 2 atom stereocenters. The van der Waals surface area contributed by atoms with Crippen molar-refractivity contribution in [2.24, 2.45) is 0 Å². The van der Waals surface area contributed by atoms with Crippen LogP contribution >= 0.6 is 11.6 Å². The van der Waals surface area contributed by atoms with Gasteiger partial charge in [-0.3, -0.25) is 0 Å². The molecule has 0 saturated carbocycles. The summed E-state index contributed by atoms with van der Waals surface area (Å²) in [5.74, 6) is 1.37. The maximum atomic E-state index is 5.90. The standard InChI is InChI=1S/C11H14ClNO/c1-7-10(6-13-2)9-4-3-8(12)5-11(9)14-7/h3-5,7,10,13H,6H2,1-2H3. The minimum Gasteiger partial charge on any atom is -0.490 e. The molecule has 1 N–H and O–H groups in total. The van der Waals surface area contributed by atoms with E-state index in [1.165, 1.54) is 5.56 Å². The van der Waals surface area contributed by atoms with Gasteiger partial charge in [-0.05, 0) is 26.1 Å². The normalized spacial score (nSPS) is 24.5. The third-order valence-electron chi connectivity index (χ3n) is 2.68. The number of benzene rings is 1. The summed E-state index contributed by atoms with van der Waals surface area (Å²) in [5, 5.41) is 3.92. The van der Waals surface area contributed by atoms with Gasteiger partial charge in [0.05, 0.1) is 0 Å². The molecule has 14 heavy (non-hydrogen) atoms. The lowest BCUT2D eigenvalue weighted by atomic mass is 9.96. The molecule has 2 nitrogen and oxygen atoms in total. The van der Waals surface area contributed by atoms with Crippen molar-refractivity contribution in [3.8, 4) is 5.75 Å². The third-order valence-corrected chi connectivity index (χ3v) is 2.91. The Hall–Kier alpha value is -0.730. The van der Waals surface area contributed by atoms with Crippen LogP contribution in [0.4, 0.5) is 0 Å². The quantitative estimate of drug-likeness (QED) is 0.812. The SMILES string of the molecule is CNCC1c2ccc(Cl)cc2OC1C. The van der Waals surface area contributed by atoms with E-state index < -0.39 is 0 Å². The second-order valence-electron chi connectivity index (χ2n) is 3.67. The van der Waals surface area contributed by atoms with Crippen molar-refractivity contribution in [3.63, 3.8) is 0 Å². The molecule has 76 valence electrons. The second kappa shape index (κ2) is 3.79. The van der Waals surface area contributed by atoms with E-state index in [0.717, 1.165) is 17.3 Å². The highest BCUT2D eigenvalue weighted by Crippen LogP contribution is 2.39. The number of hydrogen-bond acceptors (Lipinski definition) is 2. The molecular formula is C11H14ClNO. The van der Waals surface area contributed by atoms with E-state index in [1.54, 1.807) is 0 Å². The lowest BCUT2D eigenvalue weighted by molar-refractivity contribution is 0.225. The van der Waals surface area contributed by atoms with Crippen molar-refractivity contribution in [1.29, 1.82) is 0 Å². The van der Waals surface area contributed by atoms with Gasteiger partial charge in [0.2, 0.25) is 0 Å². The first-order valence-corrected chi connectivity index (χ1v) is 5.21. The third kappa shape index (κ3) is 1.60. The molecule has 2 rings (SSSR count). The van der Waals surface area contributed by atoms with Crippen LogP contribution in [0.2, 0.25) is 5.02 Å². The molecule has 0 saturated heterocycles. The number of fused-ring (bicyclic) bond motifs is 1. The molecule has 0 amide bonds. The minimum atomic E-state index is 0.232. The number of hydrogen-bond donors (Lipinski definition) is 1. The fourth-order valence-electron chi connectivity index (χ4n) is 1.95. The van der Waals surface area contributed by atoms with Gasteiger partial charge < -0.3 is 10.1 Å². The highest BCUT2D eigenvalue weighted by molar-refractivity contribution is 6.30. The Kier molecular flexibility index (Phi) is 2.66. The van der Waals surface area contributed by atoms with Crippen molar-refractivity contribution >= 4 is 11.6 Å². The number of halogens is 1. The van der Waals surface area contributed by atoms with Gasteiger partial charge in [0.15, 0.2) is 0 Å². The zero-order valence-electron chi connectivity index (χ0n) is 8.38. The van der Waals surface area contributed by atoms with Crippen LogP contribution in [0, 0.1) is 0 Å². The number of nitrogens with one attached hydrogen (secondary N) is 1. The molecule has 2 unspecified atom stereocenters. The Morgan fingerprint density at radius 1 is 1.50 bits per heavy atom. The Morgan fingerprint density at radius 3 is 3.00 bits per heavy atom. The molecule has 0 bridgehead atoms. The van der Waals surface area contributed by atoms with E-state index in [1.807, 2.05) is 19.2 Å². The van der Waals surface area contributed by atoms with Crippen molar-refractivity contribution in [1.82, 2.24) is 5.32 Å². The smallest absolute Gasteiger partial charge is 0.124 e. The van der Waals surface area contributed by atoms with Gasteiger partial charge in [-0.15, -0.1) is 0 Å². The Bertz CT molecular complexity index is 340. The van der Waals surface area contributed by atoms with E-state index in [-0.39, 0.29) is 6.10 Å². The summed E-state index contributed by atoms with van der Waals surface area (Å²) in [6.07, 6.45) is 0.232. The van der Waals surface area contributed by atoms with Gasteiger partial charge in [0, 0.05) is 23.0 Å². The first-order valence-electron chi connectivity index (χ1n) is 4.83. The van der Waals surface area contributed by atoms with Gasteiger partial charge in [-0.2, -0.15) is 0 Å². The van der Waals surface area contributed by atoms with E-state index >= 15 is 0 Å². The van der Waals surface area contributed by atoms with Crippen LogP contribution in [0.1, 0.15) is 18.4 Å². The van der Waals surface area contributed by atoms with Crippen LogP contribution in [0.15, 0.2) is 18.2 Å². The van der Waals surface area contributed by atoms with Gasteiger partial charge >= 0.3 is 0 Å². The molecule has 1 aromatic rings. The lowest BCUT2D eigenvalue weighted by Crippen LogP contribution is -2.24. The van der Waals surface area contributed by atoms with Crippen molar-refractivity contribution in [2.75, 3.05) is 13.6 Å². The Morgan fingerprint density at radius 2 is 2.29 bits per heavy atom. The largest absolute Gasteiger partial charge is 0.490 e. The second-order valence-corrected chi connectivity index (χ2v) is 4.11. The fraction of sp³-hybridized carbons (Fsp3) is 0.455. The highest BCUT2D eigenvalue weighted by Gasteiger charge is 2.30. The summed E-state index contributed by atoms with van der Waals surface area (Å²) >= 11 is 5.90. The molecular weight excluding hydrogens is 198 g/mol. The fourth-order valence-corrected chi connectivity index (χ4v) is 2.11. The molecule has 0 spiro atoms. The zero-order chi connectivity index (χ0) is 10.1. The van der Waals surface area contributed by atoms with Crippen LogP contribution in [-0.2, 0) is 0 Å². The first kappa shape index (κ1) is 9.81. The maximum absolute atomic E-state index is 5.90. The van der Waals surface area contributed by atoms with Gasteiger partial charge in [0.25, 0.3) is 0 Å². The molecule has 0 radical (unpaired) electrons. The molecule has 1 aliphatic heterocycles. The van der Waals surface area contributed by atoms with Crippen LogP contribution in [0.3, 0.4) is 0 Å². The zero-order valence-corrected chi connectivity index (χ0v) is 9.14. The summed E-state index contributed by atoms with van der Waals surface area (Å²) in [5.41, 5.74) is 1.26. The summed E-state index contributed by atoms with van der Waals surface area (Å²) in [7, 11) is 1.96. The Balaban J connectivity index is 2.33. The van der Waals surface area contributed by atoms with Crippen molar-refractivity contribution in [2.45, 2.75) is 18.9 Å². The van der Waals surface area contributed by atoms with Crippen LogP contribution in [0.25, 0.3) is 0 Å². The number of likely N-dealkylation sites (N-methyl/N-ethyl adjacent to an activating group) is 1. The Labute approximate surface area is 89.2 Å². The van der Waals surface area contributed by atoms with Gasteiger partial charge in [-0.25, -0.2) is 0 Å². The van der Waals surface area contributed by atoms with E-state index in [9.17, 15) is 0 Å². The topological polar surface area (TPSA) is 21.3 Å². The summed E-state index contributed by atoms with van der Waals surface area (Å²) in [6, 6.07) is 5.87. The van der Waals surface area contributed by atoms with Crippen molar-refractivity contribution < 1.29 is 4.74 Å². The summed E-state index contributed by atoms with van der Waals surface area (Å²) in [4.78, 5) is 0. The molecule has 1 aromatic carbocycles. The predicted molar refractivity (Wildman–Crippen MR) is 58.2 cm³/mol. The molecule has 3 heteroatoms. The predicted octanol–water partition coefficient (Wildman–Crippen LogP) is 2.42. The monoisotopic (exact) mass is 211 g/mol. The summed E-state index contributed by atoms with van der Waals surface area (Å²) in [6.45, 7) is 3.03. The van der Waals surface area contributed by atoms with Gasteiger partial charge in [-0.1, -0.05) is 17.7 Å². The van der Waals surface area contributed by atoms with Crippen LogP contribution < -0.4 is 10.1 Å². The molecule has 1 aliphatic rings. The van der Waals surface area contributed by atoms with E-state index in [4.69, 9.17) is 16.3 Å². The van der Waals surface area contributed by atoms with Crippen molar-refractivity contribution in [3.05, 3.63) is 28.8 Å². The van der Waals surface area contributed by atoms with Crippen LogP contribution in [-0.4, -0.2) is 19.7 Å². The number of rotatable bonds is 2. The molecule has 1 heterocycles. The minimum absolute atomic E-state index is 0.232. The maximum Gasteiger partial charge on any atom is 0.124 e. The first-order chi connectivity index (χ1) is 6.72. The highest BCUT2D eigenvalue weighted by atomic mass is 35.5. The lowest BCUT2D eigenvalue weighted by Gasteiger charge is -2.13.